The summed E-state index contributed by atoms with van der Waals surface area (Å²) in [5, 5.41) is 3.47. The van der Waals surface area contributed by atoms with Gasteiger partial charge in [-0.05, 0) is 66.7 Å². The van der Waals surface area contributed by atoms with Crippen molar-refractivity contribution in [2.75, 3.05) is 0 Å². The maximum absolute atomic E-state index is 6.53. The number of nitrogens with zero attached hydrogens (tertiary/aromatic N) is 1. The first kappa shape index (κ1) is 19.6. The highest BCUT2D eigenvalue weighted by Gasteiger charge is 2.31. The number of fused-ring (bicyclic) bond motifs is 8. The van der Waals surface area contributed by atoms with E-state index in [1.54, 1.807) is 0 Å². The summed E-state index contributed by atoms with van der Waals surface area (Å²) in [6.45, 7) is 6.82. The number of furan rings is 1. The zero-order valence-electron chi connectivity index (χ0n) is 19.1. The van der Waals surface area contributed by atoms with Crippen molar-refractivity contribution in [1.29, 1.82) is 0 Å². The lowest BCUT2D eigenvalue weighted by Gasteiger charge is -2.33. The summed E-state index contributed by atoms with van der Waals surface area (Å²) < 4.78 is 12.6. The van der Waals surface area contributed by atoms with Crippen LogP contribution in [0, 0.1) is 6.92 Å². The second kappa shape index (κ2) is 7.23. The SMILES string of the molecule is Cc1coc2c3ccc4c(c3c3oc(CCCc5ccccc5)nc3c12)CCCC4(C)C. The Morgan fingerprint density at radius 2 is 1.81 bits per heavy atom. The second-order valence-electron chi connectivity index (χ2n) is 10.00. The molecule has 0 unspecified atom stereocenters. The third kappa shape index (κ3) is 2.98. The minimum Gasteiger partial charge on any atom is -0.463 e. The van der Waals surface area contributed by atoms with E-state index >= 15 is 0 Å². The van der Waals surface area contributed by atoms with Gasteiger partial charge < -0.3 is 8.83 Å². The Kier molecular flexibility index (Phi) is 4.43. The molecule has 162 valence electrons. The van der Waals surface area contributed by atoms with E-state index in [1.807, 2.05) is 6.26 Å². The molecule has 0 N–H and O–H groups in total. The smallest absolute Gasteiger partial charge is 0.195 e. The van der Waals surface area contributed by atoms with Crippen LogP contribution in [0.5, 0.6) is 0 Å². The van der Waals surface area contributed by atoms with Crippen LogP contribution in [0.15, 0.2) is 57.6 Å². The summed E-state index contributed by atoms with van der Waals surface area (Å²) in [5.74, 6) is 0.831. The largest absolute Gasteiger partial charge is 0.463 e. The maximum Gasteiger partial charge on any atom is 0.195 e. The van der Waals surface area contributed by atoms with E-state index in [9.17, 15) is 0 Å². The van der Waals surface area contributed by atoms with Gasteiger partial charge in [0, 0.05) is 17.2 Å². The standard InChI is InChI=1S/C29H29NO2/c1-18-17-31-27-21-14-15-22-20(12-8-16-29(22,2)3)25(21)28-26(24(18)27)30-23(32-28)13-7-11-19-9-5-4-6-10-19/h4-6,9-10,14-15,17H,7-8,11-13,16H2,1-3H3. The molecule has 32 heavy (non-hydrogen) atoms. The van der Waals surface area contributed by atoms with Crippen molar-refractivity contribution in [2.45, 2.75) is 64.7 Å². The molecule has 0 fully saturated rings. The average molecular weight is 424 g/mol. The van der Waals surface area contributed by atoms with Gasteiger partial charge in [-0.3, -0.25) is 0 Å². The minimum absolute atomic E-state index is 0.181. The summed E-state index contributed by atoms with van der Waals surface area (Å²) in [7, 11) is 0. The number of hydrogen-bond acceptors (Lipinski definition) is 3. The van der Waals surface area contributed by atoms with E-state index in [1.165, 1.54) is 34.9 Å². The van der Waals surface area contributed by atoms with Crippen molar-refractivity contribution in [3.63, 3.8) is 0 Å². The molecule has 0 bridgehead atoms. The van der Waals surface area contributed by atoms with Crippen molar-refractivity contribution in [3.8, 4) is 0 Å². The molecule has 0 saturated heterocycles. The molecule has 0 radical (unpaired) electrons. The van der Waals surface area contributed by atoms with Gasteiger partial charge in [-0.1, -0.05) is 56.3 Å². The highest BCUT2D eigenvalue weighted by molar-refractivity contribution is 6.22. The van der Waals surface area contributed by atoms with Crippen LogP contribution in [0.1, 0.15) is 61.3 Å². The molecule has 0 spiro atoms. The van der Waals surface area contributed by atoms with Crippen LogP contribution < -0.4 is 0 Å². The molecule has 0 saturated carbocycles. The summed E-state index contributed by atoms with van der Waals surface area (Å²) in [6, 6.07) is 15.2. The molecule has 3 aromatic carbocycles. The predicted octanol–water partition coefficient (Wildman–Crippen LogP) is 7.82. The molecule has 2 heterocycles. The van der Waals surface area contributed by atoms with Crippen molar-refractivity contribution in [2.24, 2.45) is 0 Å². The van der Waals surface area contributed by atoms with Gasteiger partial charge in [0.2, 0.25) is 0 Å². The first-order chi connectivity index (χ1) is 15.5. The molecule has 6 rings (SSSR count). The van der Waals surface area contributed by atoms with Crippen LogP contribution in [-0.4, -0.2) is 4.98 Å². The number of aryl methyl sites for hydroxylation is 4. The molecule has 0 aliphatic heterocycles. The summed E-state index contributed by atoms with van der Waals surface area (Å²) in [6.07, 6.45) is 8.25. The Balaban J connectivity index is 1.52. The Bertz CT molecular complexity index is 1450. The van der Waals surface area contributed by atoms with Gasteiger partial charge in [0.05, 0.1) is 11.6 Å². The molecule has 2 aromatic heterocycles. The highest BCUT2D eigenvalue weighted by Crippen LogP contribution is 2.45. The Labute approximate surface area is 188 Å². The number of hydrogen-bond donors (Lipinski definition) is 0. The lowest BCUT2D eigenvalue weighted by atomic mass is 9.71. The minimum atomic E-state index is 0.181. The topological polar surface area (TPSA) is 39.2 Å². The summed E-state index contributed by atoms with van der Waals surface area (Å²) >= 11 is 0. The Hall–Kier alpha value is -3.07. The fourth-order valence-electron chi connectivity index (χ4n) is 5.67. The molecular formula is C29H29NO2. The van der Waals surface area contributed by atoms with Crippen LogP contribution in [0.25, 0.3) is 32.8 Å². The monoisotopic (exact) mass is 423 g/mol. The van der Waals surface area contributed by atoms with E-state index in [4.69, 9.17) is 13.8 Å². The van der Waals surface area contributed by atoms with Gasteiger partial charge in [-0.15, -0.1) is 0 Å². The summed E-state index contributed by atoms with van der Waals surface area (Å²) in [5.41, 5.74) is 8.38. The van der Waals surface area contributed by atoms with Crippen molar-refractivity contribution in [1.82, 2.24) is 4.98 Å². The number of rotatable bonds is 4. The van der Waals surface area contributed by atoms with Gasteiger partial charge in [0.1, 0.15) is 11.1 Å². The maximum atomic E-state index is 6.53. The van der Waals surface area contributed by atoms with Gasteiger partial charge >= 0.3 is 0 Å². The molecule has 1 aliphatic carbocycles. The Morgan fingerprint density at radius 3 is 2.66 bits per heavy atom. The van der Waals surface area contributed by atoms with Gasteiger partial charge in [-0.25, -0.2) is 4.98 Å². The molecule has 3 heteroatoms. The van der Waals surface area contributed by atoms with Crippen molar-refractivity contribution >= 4 is 32.8 Å². The fraction of sp³-hybridized carbons (Fsp3) is 0.345. The third-order valence-corrected chi connectivity index (χ3v) is 7.32. The van der Waals surface area contributed by atoms with E-state index in [0.29, 0.717) is 0 Å². The molecule has 0 amide bonds. The molecule has 1 aliphatic rings. The van der Waals surface area contributed by atoms with E-state index < -0.39 is 0 Å². The van der Waals surface area contributed by atoms with Crippen LogP contribution in [0.4, 0.5) is 0 Å². The summed E-state index contributed by atoms with van der Waals surface area (Å²) in [4.78, 5) is 5.01. The first-order valence-corrected chi connectivity index (χ1v) is 11.8. The van der Waals surface area contributed by atoms with Crippen molar-refractivity contribution in [3.05, 3.63) is 76.9 Å². The quantitative estimate of drug-likeness (QED) is 0.296. The van der Waals surface area contributed by atoms with Crippen LogP contribution in [0.3, 0.4) is 0 Å². The zero-order valence-corrected chi connectivity index (χ0v) is 19.1. The number of oxazole rings is 1. The normalized spacial score (nSPS) is 15.6. The van der Waals surface area contributed by atoms with Gasteiger partial charge in [0.15, 0.2) is 11.5 Å². The zero-order chi connectivity index (χ0) is 21.9. The lowest BCUT2D eigenvalue weighted by molar-refractivity contribution is 0.433. The lowest BCUT2D eigenvalue weighted by Crippen LogP contribution is -2.23. The van der Waals surface area contributed by atoms with Crippen LogP contribution in [-0.2, 0) is 24.7 Å². The van der Waals surface area contributed by atoms with Gasteiger partial charge in [0.25, 0.3) is 0 Å². The van der Waals surface area contributed by atoms with E-state index in [0.717, 1.165) is 64.6 Å². The first-order valence-electron chi connectivity index (χ1n) is 11.8. The molecule has 0 atom stereocenters. The van der Waals surface area contributed by atoms with Gasteiger partial charge in [-0.2, -0.15) is 0 Å². The number of benzene rings is 3. The average Bonchev–Trinajstić information content (AvgIpc) is 3.37. The van der Waals surface area contributed by atoms with Crippen LogP contribution >= 0.6 is 0 Å². The van der Waals surface area contributed by atoms with Crippen LogP contribution in [0.2, 0.25) is 0 Å². The fourth-order valence-corrected chi connectivity index (χ4v) is 5.67. The third-order valence-electron chi connectivity index (χ3n) is 7.32. The Morgan fingerprint density at radius 1 is 0.969 bits per heavy atom. The number of aromatic nitrogens is 1. The molecule has 3 nitrogen and oxygen atoms in total. The van der Waals surface area contributed by atoms with E-state index in [-0.39, 0.29) is 5.41 Å². The van der Waals surface area contributed by atoms with E-state index in [2.05, 4.69) is 63.2 Å². The van der Waals surface area contributed by atoms with Crippen molar-refractivity contribution < 1.29 is 8.83 Å². The second-order valence-corrected chi connectivity index (χ2v) is 10.00. The molecular weight excluding hydrogens is 394 g/mol. The highest BCUT2D eigenvalue weighted by atomic mass is 16.3. The predicted molar refractivity (Wildman–Crippen MR) is 130 cm³/mol. The molecule has 5 aromatic rings.